The first-order chi connectivity index (χ1) is 5.27. The van der Waals surface area contributed by atoms with E-state index in [0.29, 0.717) is 0 Å². The molecular weight excluding hydrogens is 134 g/mol. The van der Waals surface area contributed by atoms with Crippen molar-refractivity contribution in [2.24, 2.45) is 7.05 Å². The lowest BCUT2D eigenvalue weighted by Gasteiger charge is -1.97. The molecule has 0 saturated carbocycles. The average molecular weight is 146 g/mol. The second-order valence-electron chi connectivity index (χ2n) is 3.11. The molecule has 1 aromatic heterocycles. The van der Waals surface area contributed by atoms with Gasteiger partial charge in [0.2, 0.25) is 0 Å². The van der Waals surface area contributed by atoms with Crippen molar-refractivity contribution in [1.29, 1.82) is 0 Å². The van der Waals surface area contributed by atoms with E-state index in [-0.39, 0.29) is 0 Å². The molecule has 1 aliphatic carbocycles. The largest absolute Gasteiger partial charge is 0.205 e. The van der Waals surface area contributed by atoms with Crippen LogP contribution in [0, 0.1) is 6.92 Å². The number of fused-ring (bicyclic) bond motifs is 1. The van der Waals surface area contributed by atoms with E-state index in [0.717, 1.165) is 6.42 Å². The van der Waals surface area contributed by atoms with Crippen molar-refractivity contribution in [3.8, 4) is 0 Å². The fraction of sp³-hybridized carbons (Fsp3) is 0.300. The zero-order valence-electron chi connectivity index (χ0n) is 6.96. The fourth-order valence-electron chi connectivity index (χ4n) is 1.47. The molecule has 0 saturated heterocycles. The van der Waals surface area contributed by atoms with E-state index in [1.807, 2.05) is 0 Å². The van der Waals surface area contributed by atoms with Crippen molar-refractivity contribution in [2.75, 3.05) is 0 Å². The molecule has 0 aromatic carbocycles. The summed E-state index contributed by atoms with van der Waals surface area (Å²) in [6.07, 6.45) is 7.72. The number of rotatable bonds is 0. The first-order valence-electron chi connectivity index (χ1n) is 3.93. The summed E-state index contributed by atoms with van der Waals surface area (Å²) in [6.45, 7) is 2.13. The number of pyridine rings is 1. The van der Waals surface area contributed by atoms with E-state index in [1.54, 1.807) is 0 Å². The molecule has 1 heterocycles. The van der Waals surface area contributed by atoms with Gasteiger partial charge in [0.05, 0.1) is 0 Å². The van der Waals surface area contributed by atoms with Gasteiger partial charge in [-0.05, 0) is 12.0 Å². The molecule has 0 fully saturated rings. The van der Waals surface area contributed by atoms with Crippen LogP contribution in [-0.4, -0.2) is 0 Å². The normalized spacial score (nSPS) is 13.6. The Labute approximate surface area is 67.0 Å². The van der Waals surface area contributed by atoms with Gasteiger partial charge < -0.3 is 0 Å². The lowest BCUT2D eigenvalue weighted by atomic mass is 10.1. The standard InChI is InChI=1S/C10H12N/c1-8-6-9-4-3-5-10(9)7-11(8)2/h3-4,6-7H,5H2,1-2H3/q+1. The minimum Gasteiger partial charge on any atom is -0.205 e. The second-order valence-corrected chi connectivity index (χ2v) is 3.11. The van der Waals surface area contributed by atoms with Gasteiger partial charge in [0.1, 0.15) is 7.05 Å². The highest BCUT2D eigenvalue weighted by molar-refractivity contribution is 5.58. The summed E-state index contributed by atoms with van der Waals surface area (Å²) in [5, 5.41) is 0. The summed E-state index contributed by atoms with van der Waals surface area (Å²) in [5.74, 6) is 0. The molecule has 56 valence electrons. The Morgan fingerprint density at radius 1 is 1.45 bits per heavy atom. The average Bonchev–Trinajstić information content (AvgIpc) is 2.36. The predicted octanol–water partition coefficient (Wildman–Crippen LogP) is 1.39. The minimum atomic E-state index is 1.10. The van der Waals surface area contributed by atoms with Crippen LogP contribution in [0.4, 0.5) is 0 Å². The van der Waals surface area contributed by atoms with Crippen molar-refractivity contribution < 1.29 is 4.57 Å². The van der Waals surface area contributed by atoms with E-state index in [2.05, 4.69) is 43.0 Å². The first-order valence-corrected chi connectivity index (χ1v) is 3.93. The Hall–Kier alpha value is -1.11. The maximum atomic E-state index is 2.23. The molecule has 1 nitrogen and oxygen atoms in total. The molecule has 0 unspecified atom stereocenters. The molecular formula is C10H12N+. The number of hydrogen-bond acceptors (Lipinski definition) is 0. The van der Waals surface area contributed by atoms with Crippen LogP contribution in [0.3, 0.4) is 0 Å². The van der Waals surface area contributed by atoms with Gasteiger partial charge in [0.15, 0.2) is 11.9 Å². The topological polar surface area (TPSA) is 3.88 Å². The van der Waals surface area contributed by atoms with Crippen molar-refractivity contribution >= 4 is 6.08 Å². The molecule has 0 aliphatic heterocycles. The summed E-state index contributed by atoms with van der Waals surface area (Å²) in [6, 6.07) is 2.23. The van der Waals surface area contributed by atoms with Gasteiger partial charge in [0.25, 0.3) is 0 Å². The van der Waals surface area contributed by atoms with Crippen LogP contribution < -0.4 is 4.57 Å². The van der Waals surface area contributed by atoms with E-state index in [1.165, 1.54) is 16.8 Å². The first kappa shape index (κ1) is 6.59. The highest BCUT2D eigenvalue weighted by Crippen LogP contribution is 2.17. The summed E-state index contributed by atoms with van der Waals surface area (Å²) in [7, 11) is 2.09. The van der Waals surface area contributed by atoms with E-state index >= 15 is 0 Å². The monoisotopic (exact) mass is 146 g/mol. The number of aryl methyl sites for hydroxylation is 2. The molecule has 1 heteroatoms. The molecule has 1 aliphatic rings. The maximum Gasteiger partial charge on any atom is 0.178 e. The van der Waals surface area contributed by atoms with Crippen LogP contribution in [0.1, 0.15) is 16.8 Å². The summed E-state index contributed by atoms with van der Waals surface area (Å²) < 4.78 is 2.17. The lowest BCUT2D eigenvalue weighted by Crippen LogP contribution is -2.31. The quantitative estimate of drug-likeness (QED) is 0.487. The molecule has 0 atom stereocenters. The number of aromatic nitrogens is 1. The van der Waals surface area contributed by atoms with Gasteiger partial charge in [0, 0.05) is 18.6 Å². The summed E-state index contributed by atoms with van der Waals surface area (Å²) >= 11 is 0. The number of hydrogen-bond donors (Lipinski definition) is 0. The third-order valence-electron chi connectivity index (χ3n) is 2.28. The van der Waals surface area contributed by atoms with Crippen molar-refractivity contribution in [2.45, 2.75) is 13.3 Å². The van der Waals surface area contributed by atoms with Gasteiger partial charge in [-0.1, -0.05) is 12.2 Å². The van der Waals surface area contributed by atoms with Crippen LogP contribution in [0.2, 0.25) is 0 Å². The highest BCUT2D eigenvalue weighted by atomic mass is 14.9. The third-order valence-corrected chi connectivity index (χ3v) is 2.28. The maximum absolute atomic E-state index is 2.23. The van der Waals surface area contributed by atoms with Crippen LogP contribution in [-0.2, 0) is 13.5 Å². The Morgan fingerprint density at radius 2 is 2.27 bits per heavy atom. The van der Waals surface area contributed by atoms with Crippen molar-refractivity contribution in [3.05, 3.63) is 35.2 Å². The van der Waals surface area contributed by atoms with Crippen LogP contribution in [0.5, 0.6) is 0 Å². The lowest BCUT2D eigenvalue weighted by molar-refractivity contribution is -0.678. The van der Waals surface area contributed by atoms with Crippen molar-refractivity contribution in [3.63, 3.8) is 0 Å². The summed E-state index contributed by atoms with van der Waals surface area (Å²) in [5.41, 5.74) is 4.15. The molecule has 2 rings (SSSR count). The third kappa shape index (κ3) is 0.967. The predicted molar refractivity (Wildman–Crippen MR) is 45.1 cm³/mol. The van der Waals surface area contributed by atoms with E-state index < -0.39 is 0 Å². The van der Waals surface area contributed by atoms with Gasteiger partial charge in [-0.25, -0.2) is 4.57 Å². The highest BCUT2D eigenvalue weighted by Gasteiger charge is 2.10. The van der Waals surface area contributed by atoms with Crippen LogP contribution in [0.15, 0.2) is 18.3 Å². The molecule has 0 N–H and O–H groups in total. The van der Waals surface area contributed by atoms with Gasteiger partial charge >= 0.3 is 0 Å². The number of nitrogens with zero attached hydrogens (tertiary/aromatic N) is 1. The molecule has 1 aromatic rings. The van der Waals surface area contributed by atoms with E-state index in [9.17, 15) is 0 Å². The van der Waals surface area contributed by atoms with Crippen LogP contribution >= 0.6 is 0 Å². The molecule has 0 bridgehead atoms. The molecule has 11 heavy (non-hydrogen) atoms. The minimum absolute atomic E-state index is 1.10. The molecule has 0 spiro atoms. The summed E-state index contributed by atoms with van der Waals surface area (Å²) in [4.78, 5) is 0. The second kappa shape index (κ2) is 2.19. The SMILES string of the molecule is Cc1cc2c(c[n+]1C)CC=C2. The Balaban J connectivity index is 2.63. The Kier molecular flexibility index (Phi) is 1.31. The van der Waals surface area contributed by atoms with Crippen molar-refractivity contribution in [1.82, 2.24) is 0 Å². The van der Waals surface area contributed by atoms with Crippen LogP contribution in [0.25, 0.3) is 6.08 Å². The Bertz CT molecular complexity index is 324. The zero-order chi connectivity index (χ0) is 7.84. The molecule has 0 amide bonds. The Morgan fingerprint density at radius 3 is 3.09 bits per heavy atom. The zero-order valence-corrected chi connectivity index (χ0v) is 6.96. The smallest absolute Gasteiger partial charge is 0.178 e. The van der Waals surface area contributed by atoms with E-state index in [4.69, 9.17) is 0 Å². The van der Waals surface area contributed by atoms with Gasteiger partial charge in [-0.3, -0.25) is 0 Å². The van der Waals surface area contributed by atoms with Gasteiger partial charge in [-0.2, -0.15) is 0 Å². The molecule has 0 radical (unpaired) electrons. The van der Waals surface area contributed by atoms with Gasteiger partial charge in [-0.15, -0.1) is 0 Å². The number of allylic oxidation sites excluding steroid dienone is 1. The fourth-order valence-corrected chi connectivity index (χ4v) is 1.47.